The van der Waals surface area contributed by atoms with Gasteiger partial charge in [-0.05, 0) is 38.1 Å². The van der Waals surface area contributed by atoms with Gasteiger partial charge in [-0.15, -0.1) is 0 Å². The second-order valence-electron chi connectivity index (χ2n) is 5.15. The average Bonchev–Trinajstić information content (AvgIpc) is 2.06. The molecule has 1 fully saturated rings. The average molecular weight is 213 g/mol. The van der Waals surface area contributed by atoms with Crippen molar-refractivity contribution in [2.45, 2.75) is 46.0 Å². The van der Waals surface area contributed by atoms with Crippen molar-refractivity contribution in [2.75, 3.05) is 13.1 Å². The molecule has 0 atom stereocenters. The highest BCUT2D eigenvalue weighted by molar-refractivity contribution is 5.76. The number of carboxylic acids is 1. The fourth-order valence-electron chi connectivity index (χ4n) is 2.03. The molecule has 3 nitrogen and oxygen atoms in total. The van der Waals surface area contributed by atoms with Crippen LogP contribution >= 0.6 is 0 Å². The number of carboxylic acid groups (broad SMARTS) is 1. The minimum absolute atomic E-state index is 0.433. The van der Waals surface area contributed by atoms with Crippen molar-refractivity contribution in [2.24, 2.45) is 11.3 Å². The van der Waals surface area contributed by atoms with Gasteiger partial charge in [-0.2, -0.15) is 0 Å². The van der Waals surface area contributed by atoms with Gasteiger partial charge in [0, 0.05) is 6.54 Å². The molecule has 1 rings (SSSR count). The monoisotopic (exact) mass is 213 g/mol. The largest absolute Gasteiger partial charge is 0.481 e. The molecule has 88 valence electrons. The van der Waals surface area contributed by atoms with Gasteiger partial charge in [0.05, 0.1) is 5.41 Å². The predicted molar refractivity (Wildman–Crippen MR) is 60.9 cm³/mol. The minimum atomic E-state index is -0.620. The van der Waals surface area contributed by atoms with E-state index in [1.54, 1.807) is 0 Å². The lowest BCUT2D eigenvalue weighted by Gasteiger charge is -2.37. The molecule has 0 bridgehead atoms. The highest BCUT2D eigenvalue weighted by Crippen LogP contribution is 2.40. The zero-order valence-electron chi connectivity index (χ0n) is 9.88. The first-order valence-corrected chi connectivity index (χ1v) is 6.01. The summed E-state index contributed by atoms with van der Waals surface area (Å²) in [6.45, 7) is 6.03. The first-order valence-electron chi connectivity index (χ1n) is 6.01. The topological polar surface area (TPSA) is 49.3 Å². The molecule has 0 heterocycles. The molecule has 1 aliphatic rings. The van der Waals surface area contributed by atoms with E-state index in [0.29, 0.717) is 6.54 Å². The standard InChI is InChI=1S/C12H23NO2/c1-10(2)5-3-8-13-9-12(11(14)15)6-4-7-12/h10,13H,3-9H2,1-2H3,(H,14,15). The quantitative estimate of drug-likeness (QED) is 0.638. The molecule has 0 unspecified atom stereocenters. The molecule has 1 aliphatic carbocycles. The fourth-order valence-corrected chi connectivity index (χ4v) is 2.03. The number of aliphatic carboxylic acids is 1. The van der Waals surface area contributed by atoms with Crippen molar-refractivity contribution in [1.29, 1.82) is 0 Å². The second-order valence-corrected chi connectivity index (χ2v) is 5.15. The van der Waals surface area contributed by atoms with Gasteiger partial charge in [-0.25, -0.2) is 0 Å². The highest BCUT2D eigenvalue weighted by Gasteiger charge is 2.43. The number of rotatable bonds is 7. The van der Waals surface area contributed by atoms with Crippen molar-refractivity contribution in [3.05, 3.63) is 0 Å². The Bertz CT molecular complexity index is 210. The Hall–Kier alpha value is -0.570. The number of nitrogens with one attached hydrogen (secondary N) is 1. The van der Waals surface area contributed by atoms with Crippen molar-refractivity contribution in [1.82, 2.24) is 5.32 Å². The Morgan fingerprint density at radius 1 is 1.47 bits per heavy atom. The Kier molecular flexibility index (Phi) is 4.58. The SMILES string of the molecule is CC(C)CCCNCC1(C(=O)O)CCC1. The third-order valence-electron chi connectivity index (χ3n) is 3.36. The Morgan fingerprint density at radius 3 is 2.53 bits per heavy atom. The van der Waals surface area contributed by atoms with Crippen LogP contribution in [-0.2, 0) is 4.79 Å². The van der Waals surface area contributed by atoms with Gasteiger partial charge in [0.25, 0.3) is 0 Å². The minimum Gasteiger partial charge on any atom is -0.481 e. The number of hydrogen-bond acceptors (Lipinski definition) is 2. The summed E-state index contributed by atoms with van der Waals surface area (Å²) < 4.78 is 0. The van der Waals surface area contributed by atoms with Crippen LogP contribution in [0, 0.1) is 11.3 Å². The number of hydrogen-bond donors (Lipinski definition) is 2. The van der Waals surface area contributed by atoms with E-state index >= 15 is 0 Å². The normalized spacial score (nSPS) is 18.9. The molecule has 0 spiro atoms. The van der Waals surface area contributed by atoms with Crippen LogP contribution in [0.1, 0.15) is 46.0 Å². The van der Waals surface area contributed by atoms with Crippen LogP contribution in [-0.4, -0.2) is 24.2 Å². The molecule has 0 amide bonds. The summed E-state index contributed by atoms with van der Waals surface area (Å²) in [4.78, 5) is 11.0. The van der Waals surface area contributed by atoms with E-state index in [1.165, 1.54) is 6.42 Å². The first-order chi connectivity index (χ1) is 7.07. The van der Waals surface area contributed by atoms with Gasteiger partial charge >= 0.3 is 5.97 Å². The van der Waals surface area contributed by atoms with E-state index in [-0.39, 0.29) is 0 Å². The molecular weight excluding hydrogens is 190 g/mol. The maximum Gasteiger partial charge on any atom is 0.310 e. The third-order valence-corrected chi connectivity index (χ3v) is 3.36. The van der Waals surface area contributed by atoms with Gasteiger partial charge in [0.1, 0.15) is 0 Å². The summed E-state index contributed by atoms with van der Waals surface area (Å²) in [7, 11) is 0. The third kappa shape index (κ3) is 3.49. The van der Waals surface area contributed by atoms with Crippen molar-refractivity contribution in [3.8, 4) is 0 Å². The van der Waals surface area contributed by atoms with Crippen LogP contribution in [0.15, 0.2) is 0 Å². The second kappa shape index (κ2) is 5.50. The molecule has 15 heavy (non-hydrogen) atoms. The van der Waals surface area contributed by atoms with Crippen molar-refractivity contribution >= 4 is 5.97 Å². The van der Waals surface area contributed by atoms with E-state index in [2.05, 4.69) is 19.2 Å². The van der Waals surface area contributed by atoms with Crippen LogP contribution in [0.3, 0.4) is 0 Å². The van der Waals surface area contributed by atoms with Gasteiger partial charge in [0.15, 0.2) is 0 Å². The molecule has 1 saturated carbocycles. The van der Waals surface area contributed by atoms with Crippen LogP contribution in [0.2, 0.25) is 0 Å². The van der Waals surface area contributed by atoms with Gasteiger partial charge < -0.3 is 10.4 Å². The van der Waals surface area contributed by atoms with E-state index in [4.69, 9.17) is 5.11 Å². The Balaban J connectivity index is 2.11. The summed E-state index contributed by atoms with van der Waals surface area (Å²) in [6, 6.07) is 0. The Morgan fingerprint density at radius 2 is 2.13 bits per heavy atom. The van der Waals surface area contributed by atoms with E-state index < -0.39 is 11.4 Å². The molecule has 0 aliphatic heterocycles. The van der Waals surface area contributed by atoms with Gasteiger partial charge in [0.2, 0.25) is 0 Å². The molecule has 3 heteroatoms. The van der Waals surface area contributed by atoms with Crippen LogP contribution < -0.4 is 5.32 Å². The van der Waals surface area contributed by atoms with Crippen molar-refractivity contribution < 1.29 is 9.90 Å². The summed E-state index contributed by atoms with van der Waals surface area (Å²) in [5.74, 6) is 0.119. The van der Waals surface area contributed by atoms with Crippen LogP contribution in [0.25, 0.3) is 0 Å². The summed E-state index contributed by atoms with van der Waals surface area (Å²) in [6.07, 6.45) is 5.12. The maximum absolute atomic E-state index is 11.0. The van der Waals surface area contributed by atoms with Gasteiger partial charge in [-0.1, -0.05) is 20.3 Å². The fraction of sp³-hybridized carbons (Fsp3) is 0.917. The highest BCUT2D eigenvalue weighted by atomic mass is 16.4. The molecule has 0 aromatic rings. The van der Waals surface area contributed by atoms with Crippen LogP contribution in [0.5, 0.6) is 0 Å². The van der Waals surface area contributed by atoms with E-state index in [0.717, 1.165) is 38.1 Å². The molecule has 0 radical (unpaired) electrons. The molecule has 0 aromatic heterocycles. The zero-order chi connectivity index (χ0) is 11.3. The lowest BCUT2D eigenvalue weighted by atomic mass is 9.69. The maximum atomic E-state index is 11.0. The van der Waals surface area contributed by atoms with Crippen molar-refractivity contribution in [3.63, 3.8) is 0 Å². The molecule has 0 saturated heterocycles. The lowest BCUT2D eigenvalue weighted by Crippen LogP contribution is -2.46. The van der Waals surface area contributed by atoms with E-state index in [1.807, 2.05) is 0 Å². The van der Waals surface area contributed by atoms with E-state index in [9.17, 15) is 4.79 Å². The summed E-state index contributed by atoms with van der Waals surface area (Å²) in [5.41, 5.74) is -0.433. The molecule has 2 N–H and O–H groups in total. The predicted octanol–water partition coefficient (Wildman–Crippen LogP) is 2.27. The molecule has 0 aromatic carbocycles. The first kappa shape index (κ1) is 12.5. The smallest absolute Gasteiger partial charge is 0.310 e. The number of carbonyl (C=O) groups is 1. The lowest BCUT2D eigenvalue weighted by molar-refractivity contribution is -0.154. The summed E-state index contributed by atoms with van der Waals surface area (Å²) in [5, 5.41) is 12.4. The molecular formula is C12H23NO2. The summed E-state index contributed by atoms with van der Waals surface area (Å²) >= 11 is 0. The Labute approximate surface area is 92.3 Å². The van der Waals surface area contributed by atoms with Gasteiger partial charge in [-0.3, -0.25) is 4.79 Å². The van der Waals surface area contributed by atoms with Crippen LogP contribution in [0.4, 0.5) is 0 Å². The zero-order valence-corrected chi connectivity index (χ0v) is 9.88.